The molecule has 172 valence electrons. The van der Waals surface area contributed by atoms with Gasteiger partial charge >= 0.3 is 18.8 Å². The molecule has 2 N–H and O–H groups in total. The summed E-state index contributed by atoms with van der Waals surface area (Å²) in [4.78, 5) is 21.5. The Morgan fingerprint density at radius 1 is 1.25 bits per heavy atom. The molecule has 4 heterocycles. The van der Waals surface area contributed by atoms with Crippen molar-refractivity contribution < 1.29 is 31.1 Å². The van der Waals surface area contributed by atoms with E-state index in [1.165, 1.54) is 4.90 Å². The lowest BCUT2D eigenvalue weighted by atomic mass is 9.98. The number of amides is 2. The molecule has 1 fully saturated rings. The van der Waals surface area contributed by atoms with Crippen LogP contribution in [-0.4, -0.2) is 55.5 Å². The lowest BCUT2D eigenvalue weighted by Crippen LogP contribution is -2.50. The molecule has 8 nitrogen and oxygen atoms in total. The monoisotopic (exact) mass is 461 g/mol. The van der Waals surface area contributed by atoms with Crippen LogP contribution in [0.2, 0.25) is 0 Å². The molecular weight excluding hydrogens is 444 g/mol. The molecule has 0 spiro atoms. The molecule has 2 atom stereocenters. The van der Waals surface area contributed by atoms with Crippen molar-refractivity contribution in [2.24, 2.45) is 0 Å². The smallest absolute Gasteiger partial charge is 0.329 e. The Bertz CT molecular complexity index is 1040. The van der Waals surface area contributed by atoms with Gasteiger partial charge in [-0.15, -0.1) is 0 Å². The van der Waals surface area contributed by atoms with Crippen molar-refractivity contribution in [3.05, 3.63) is 36.2 Å². The molecule has 32 heavy (non-hydrogen) atoms. The number of carbonyl (C=O) groups is 1. The minimum atomic E-state index is -4.52. The van der Waals surface area contributed by atoms with Gasteiger partial charge in [0.25, 0.3) is 0 Å². The maximum absolute atomic E-state index is 14.5. The van der Waals surface area contributed by atoms with Crippen LogP contribution in [0.25, 0.3) is 5.57 Å². The lowest BCUT2D eigenvalue weighted by Gasteiger charge is -2.34. The van der Waals surface area contributed by atoms with E-state index in [1.54, 1.807) is 6.08 Å². The highest BCUT2D eigenvalue weighted by Crippen LogP contribution is 2.39. The molecule has 0 aliphatic carbocycles. The van der Waals surface area contributed by atoms with Crippen LogP contribution in [0, 0.1) is 5.82 Å². The number of rotatable bonds is 5. The summed E-state index contributed by atoms with van der Waals surface area (Å²) in [5.41, 5.74) is 0.632. The van der Waals surface area contributed by atoms with E-state index in [1.807, 2.05) is 5.32 Å². The van der Waals surface area contributed by atoms with E-state index in [4.69, 9.17) is 0 Å². The number of fused-ring (bicyclic) bond motifs is 2. The van der Waals surface area contributed by atoms with Crippen molar-refractivity contribution in [1.29, 1.82) is 0 Å². The Labute approximate surface area is 177 Å². The molecule has 2 aromatic heterocycles. The largest absolute Gasteiger partial charge is 0.405 e. The average molecular weight is 461 g/mol. The first-order valence-electron chi connectivity index (χ1n) is 9.56. The quantitative estimate of drug-likeness (QED) is 0.661. The van der Waals surface area contributed by atoms with Gasteiger partial charge in [-0.25, -0.2) is 23.8 Å². The molecule has 2 aromatic rings. The maximum Gasteiger partial charge on any atom is 0.405 e. The second-order valence-electron chi connectivity index (χ2n) is 7.38. The Kier molecular flexibility index (Phi) is 5.69. The van der Waals surface area contributed by atoms with Gasteiger partial charge in [-0.2, -0.15) is 27.1 Å². The van der Waals surface area contributed by atoms with Crippen LogP contribution in [-0.2, 0) is 0 Å². The van der Waals surface area contributed by atoms with Crippen LogP contribution >= 0.6 is 0 Å². The summed E-state index contributed by atoms with van der Waals surface area (Å²) >= 11 is 0. The Morgan fingerprint density at radius 2 is 2.03 bits per heavy atom. The van der Waals surface area contributed by atoms with E-state index in [9.17, 15) is 31.1 Å². The van der Waals surface area contributed by atoms with Crippen LogP contribution < -0.4 is 10.6 Å². The topological polar surface area (TPSA) is 88.0 Å². The summed E-state index contributed by atoms with van der Waals surface area (Å²) in [5, 5.41) is 8.01. The number of hydrogen-bond donors (Lipinski definition) is 2. The SMILES string of the molecule is O=C(NCC(F)(F)F)N1C2C=C(c3nc(Nc4cnn(C(F)F)c4)ncc3F)CC1CC2. The van der Waals surface area contributed by atoms with Gasteiger partial charge in [0.1, 0.15) is 12.2 Å². The van der Waals surface area contributed by atoms with E-state index in [2.05, 4.69) is 20.4 Å². The zero-order valence-electron chi connectivity index (χ0n) is 16.3. The summed E-state index contributed by atoms with van der Waals surface area (Å²) in [6, 6.07) is -1.72. The second-order valence-corrected chi connectivity index (χ2v) is 7.38. The molecule has 2 aliphatic rings. The van der Waals surface area contributed by atoms with Crippen molar-refractivity contribution in [2.75, 3.05) is 11.9 Å². The van der Waals surface area contributed by atoms with Crippen molar-refractivity contribution in [3.8, 4) is 0 Å². The molecule has 2 amide bonds. The average Bonchev–Trinajstić information content (AvgIpc) is 3.29. The predicted octanol–water partition coefficient (Wildman–Crippen LogP) is 3.84. The molecule has 0 saturated carbocycles. The number of aromatic nitrogens is 4. The van der Waals surface area contributed by atoms with Crippen molar-refractivity contribution in [1.82, 2.24) is 30.0 Å². The minimum Gasteiger partial charge on any atom is -0.329 e. The van der Waals surface area contributed by atoms with Crippen LogP contribution in [0.5, 0.6) is 0 Å². The van der Waals surface area contributed by atoms with Crippen LogP contribution in [0.4, 0.5) is 42.8 Å². The fourth-order valence-corrected chi connectivity index (χ4v) is 3.88. The highest BCUT2D eigenvalue weighted by atomic mass is 19.4. The zero-order chi connectivity index (χ0) is 23.0. The molecule has 2 unspecified atom stereocenters. The molecule has 1 saturated heterocycles. The predicted molar refractivity (Wildman–Crippen MR) is 99.4 cm³/mol. The van der Waals surface area contributed by atoms with Gasteiger partial charge in [-0.1, -0.05) is 6.08 Å². The highest BCUT2D eigenvalue weighted by molar-refractivity contribution is 5.78. The van der Waals surface area contributed by atoms with Gasteiger partial charge in [-0.3, -0.25) is 0 Å². The van der Waals surface area contributed by atoms with E-state index < -0.39 is 43.2 Å². The summed E-state index contributed by atoms with van der Waals surface area (Å²) in [6.07, 6.45) is 1.46. The fraction of sp³-hybridized carbons (Fsp3) is 0.444. The highest BCUT2D eigenvalue weighted by Gasteiger charge is 2.41. The molecule has 4 rings (SSSR count). The van der Waals surface area contributed by atoms with Gasteiger partial charge in [0, 0.05) is 6.04 Å². The van der Waals surface area contributed by atoms with E-state index in [0.717, 1.165) is 18.6 Å². The number of nitrogens with one attached hydrogen (secondary N) is 2. The molecule has 0 radical (unpaired) electrons. The van der Waals surface area contributed by atoms with E-state index >= 15 is 0 Å². The summed E-state index contributed by atoms with van der Waals surface area (Å²) < 4.78 is 77.4. The number of alkyl halides is 5. The first-order valence-corrected chi connectivity index (χ1v) is 9.56. The standard InChI is InChI=1S/C18H17F6N7O/c19-13-6-25-16(28-10-5-27-30(7-10)15(20)21)29-14(13)9-3-11-1-2-12(4-9)31(11)17(32)26-8-18(22,23)24/h3,5-7,11-12,15H,1-2,4,8H2,(H,26,32)(H,25,28,29). The van der Waals surface area contributed by atoms with Gasteiger partial charge < -0.3 is 15.5 Å². The Hall–Kier alpha value is -3.32. The fourth-order valence-electron chi connectivity index (χ4n) is 3.88. The zero-order valence-corrected chi connectivity index (χ0v) is 16.3. The molecule has 2 aliphatic heterocycles. The van der Waals surface area contributed by atoms with Crippen LogP contribution in [0.1, 0.15) is 31.5 Å². The first-order chi connectivity index (χ1) is 15.1. The van der Waals surface area contributed by atoms with Crippen molar-refractivity contribution in [2.45, 2.75) is 44.1 Å². The second kappa shape index (κ2) is 8.31. The third kappa shape index (κ3) is 4.62. The number of nitrogens with zero attached hydrogens (tertiary/aromatic N) is 5. The van der Waals surface area contributed by atoms with Crippen molar-refractivity contribution in [3.63, 3.8) is 0 Å². The maximum atomic E-state index is 14.5. The molecular formula is C18H17F6N7O. The number of hydrogen-bond acceptors (Lipinski definition) is 5. The van der Waals surface area contributed by atoms with Gasteiger partial charge in [-0.05, 0) is 24.8 Å². The first kappa shape index (κ1) is 21.9. The summed E-state index contributed by atoms with van der Waals surface area (Å²) in [7, 11) is 0. The van der Waals surface area contributed by atoms with Crippen LogP contribution in [0.15, 0.2) is 24.7 Å². The number of anilines is 2. The molecule has 2 bridgehead atoms. The third-order valence-electron chi connectivity index (χ3n) is 5.18. The van der Waals surface area contributed by atoms with Crippen LogP contribution in [0.3, 0.4) is 0 Å². The Balaban J connectivity index is 1.51. The van der Waals surface area contributed by atoms with E-state index in [0.29, 0.717) is 23.1 Å². The number of halogens is 6. The molecule has 0 aromatic carbocycles. The normalized spacial score (nSPS) is 20.5. The van der Waals surface area contributed by atoms with E-state index in [-0.39, 0.29) is 23.8 Å². The summed E-state index contributed by atoms with van der Waals surface area (Å²) in [6.45, 7) is -4.26. The number of carbonyl (C=O) groups excluding carboxylic acids is 1. The minimum absolute atomic E-state index is 0.0315. The Morgan fingerprint density at radius 3 is 2.69 bits per heavy atom. The third-order valence-corrected chi connectivity index (χ3v) is 5.18. The van der Waals surface area contributed by atoms with Gasteiger partial charge in [0.05, 0.1) is 30.3 Å². The van der Waals surface area contributed by atoms with Crippen molar-refractivity contribution >= 4 is 23.2 Å². The lowest BCUT2D eigenvalue weighted by molar-refractivity contribution is -0.123. The van der Waals surface area contributed by atoms with Gasteiger partial charge in [0.15, 0.2) is 5.82 Å². The summed E-state index contributed by atoms with van der Waals surface area (Å²) in [5.74, 6) is -0.770. The number of urea groups is 1. The molecule has 14 heteroatoms. The van der Waals surface area contributed by atoms with Gasteiger partial charge in [0.2, 0.25) is 5.95 Å².